The average Bonchev–Trinajstić information content (AvgIpc) is 3.56. The SMILES string of the molecule is O=C1CCC(N2Cc3cc(-n4cc(C(=O)Nc5cc6ccccn6n5)nn4)ccc3C2=O)C(=O)N1. The predicted molar refractivity (Wildman–Crippen MR) is 121 cm³/mol. The highest BCUT2D eigenvalue weighted by Crippen LogP contribution is 2.29. The van der Waals surface area contributed by atoms with Crippen LogP contribution in [0, 0.1) is 0 Å². The smallest absolute Gasteiger partial charge is 0.279 e. The Morgan fingerprint density at radius 3 is 2.83 bits per heavy atom. The van der Waals surface area contributed by atoms with Gasteiger partial charge in [-0.15, -0.1) is 5.10 Å². The number of nitrogens with one attached hydrogen (secondary N) is 2. The number of nitrogens with zero attached hydrogens (tertiary/aromatic N) is 6. The third-order valence-corrected chi connectivity index (χ3v) is 6.11. The molecule has 0 saturated carbocycles. The Bertz CT molecular complexity index is 1500. The zero-order valence-electron chi connectivity index (χ0n) is 18.2. The van der Waals surface area contributed by atoms with Gasteiger partial charge >= 0.3 is 0 Å². The first-order valence-electron chi connectivity index (χ1n) is 10.9. The molecule has 1 aromatic carbocycles. The number of anilines is 1. The van der Waals surface area contributed by atoms with E-state index in [1.807, 2.05) is 18.2 Å². The number of imide groups is 1. The lowest BCUT2D eigenvalue weighted by atomic mass is 10.0. The largest absolute Gasteiger partial charge is 0.322 e. The van der Waals surface area contributed by atoms with Gasteiger partial charge in [-0.25, -0.2) is 9.20 Å². The fourth-order valence-electron chi connectivity index (χ4n) is 4.38. The molecule has 2 aliphatic rings. The second kappa shape index (κ2) is 7.87. The van der Waals surface area contributed by atoms with Crippen LogP contribution in [0.2, 0.25) is 0 Å². The van der Waals surface area contributed by atoms with Crippen LogP contribution in [0.4, 0.5) is 5.82 Å². The van der Waals surface area contributed by atoms with Gasteiger partial charge in [0.05, 0.1) is 17.4 Å². The predicted octanol–water partition coefficient (Wildman–Crippen LogP) is 0.928. The zero-order chi connectivity index (χ0) is 24.1. The van der Waals surface area contributed by atoms with Crippen molar-refractivity contribution in [3.8, 4) is 5.69 Å². The lowest BCUT2D eigenvalue weighted by molar-refractivity contribution is -0.136. The van der Waals surface area contributed by atoms with Gasteiger partial charge in [-0.2, -0.15) is 5.10 Å². The molecule has 3 aromatic heterocycles. The molecule has 2 N–H and O–H groups in total. The quantitative estimate of drug-likeness (QED) is 0.422. The Morgan fingerprint density at radius 1 is 1.11 bits per heavy atom. The fraction of sp³-hybridized carbons (Fsp3) is 0.174. The highest BCUT2D eigenvalue weighted by Gasteiger charge is 2.39. The van der Waals surface area contributed by atoms with Gasteiger partial charge in [-0.05, 0) is 42.3 Å². The van der Waals surface area contributed by atoms with Crippen molar-refractivity contribution in [2.75, 3.05) is 5.32 Å². The Balaban J connectivity index is 1.19. The molecule has 0 bridgehead atoms. The second-order valence-corrected chi connectivity index (χ2v) is 8.34. The standard InChI is InChI=1S/C23H18N8O4/c32-20-7-6-18(22(34)25-20)29-11-13-9-15(4-5-16(13)23(29)35)31-12-17(26-28-31)21(33)24-19-10-14-3-1-2-8-30(14)27-19/h1-5,8-10,12,18H,6-7,11H2,(H,24,27,33)(H,25,32,34). The summed E-state index contributed by atoms with van der Waals surface area (Å²) >= 11 is 0. The lowest BCUT2D eigenvalue weighted by Gasteiger charge is -2.29. The molecule has 1 fully saturated rings. The van der Waals surface area contributed by atoms with E-state index in [1.165, 1.54) is 15.8 Å². The highest BCUT2D eigenvalue weighted by molar-refractivity contribution is 6.05. The molecule has 1 atom stereocenters. The Hall–Kier alpha value is -4.87. The monoisotopic (exact) mass is 470 g/mol. The number of rotatable bonds is 4. The minimum absolute atomic E-state index is 0.101. The normalized spacial score (nSPS) is 17.5. The number of piperidine rings is 1. The van der Waals surface area contributed by atoms with E-state index in [4.69, 9.17) is 0 Å². The first-order chi connectivity index (χ1) is 17.0. The number of hydrogen-bond donors (Lipinski definition) is 2. The van der Waals surface area contributed by atoms with Crippen molar-refractivity contribution in [2.45, 2.75) is 25.4 Å². The summed E-state index contributed by atoms with van der Waals surface area (Å²) in [5, 5.41) is 17.3. The third kappa shape index (κ3) is 3.60. The maximum absolute atomic E-state index is 12.9. The van der Waals surface area contributed by atoms with Gasteiger partial charge in [-0.3, -0.25) is 24.5 Å². The number of carbonyl (C=O) groups is 4. The third-order valence-electron chi connectivity index (χ3n) is 6.11. The van der Waals surface area contributed by atoms with Crippen LogP contribution in [-0.4, -0.2) is 59.2 Å². The van der Waals surface area contributed by atoms with Gasteiger partial charge in [0.2, 0.25) is 11.8 Å². The minimum Gasteiger partial charge on any atom is -0.322 e. The zero-order valence-corrected chi connectivity index (χ0v) is 18.2. The van der Waals surface area contributed by atoms with Crippen LogP contribution < -0.4 is 10.6 Å². The van der Waals surface area contributed by atoms with E-state index >= 15 is 0 Å². The number of carbonyl (C=O) groups excluding carboxylic acids is 4. The number of hydrogen-bond acceptors (Lipinski definition) is 7. The molecule has 12 heteroatoms. The summed E-state index contributed by atoms with van der Waals surface area (Å²) in [4.78, 5) is 50.7. The summed E-state index contributed by atoms with van der Waals surface area (Å²) in [7, 11) is 0. The number of aromatic nitrogens is 5. The van der Waals surface area contributed by atoms with Crippen LogP contribution >= 0.6 is 0 Å². The second-order valence-electron chi connectivity index (χ2n) is 8.34. The molecule has 5 heterocycles. The molecule has 4 amide bonds. The van der Waals surface area contributed by atoms with Gasteiger partial charge < -0.3 is 10.2 Å². The van der Waals surface area contributed by atoms with Crippen molar-refractivity contribution in [1.82, 2.24) is 34.8 Å². The Kier molecular flexibility index (Phi) is 4.66. The first-order valence-corrected chi connectivity index (χ1v) is 10.9. The molecule has 4 aromatic rings. The van der Waals surface area contributed by atoms with E-state index in [2.05, 4.69) is 26.0 Å². The van der Waals surface area contributed by atoms with E-state index in [9.17, 15) is 19.2 Å². The van der Waals surface area contributed by atoms with Crippen LogP contribution in [0.5, 0.6) is 0 Å². The van der Waals surface area contributed by atoms with Gasteiger partial charge in [0, 0.05) is 30.8 Å². The molecule has 2 aliphatic heterocycles. The molecule has 0 aliphatic carbocycles. The molecule has 174 valence electrons. The van der Waals surface area contributed by atoms with Gasteiger partial charge in [0.15, 0.2) is 11.5 Å². The molecular weight excluding hydrogens is 452 g/mol. The molecule has 0 spiro atoms. The van der Waals surface area contributed by atoms with E-state index in [0.29, 0.717) is 23.5 Å². The molecule has 35 heavy (non-hydrogen) atoms. The summed E-state index contributed by atoms with van der Waals surface area (Å²) in [6.07, 6.45) is 3.76. The molecular formula is C23H18N8O4. The molecule has 1 unspecified atom stereocenters. The Labute approximate surface area is 197 Å². The van der Waals surface area contributed by atoms with Crippen molar-refractivity contribution in [1.29, 1.82) is 0 Å². The first kappa shape index (κ1) is 20.7. The molecule has 0 radical (unpaired) electrons. The number of benzene rings is 1. The summed E-state index contributed by atoms with van der Waals surface area (Å²) in [6, 6.07) is 11.8. The van der Waals surface area contributed by atoms with E-state index in [0.717, 1.165) is 11.1 Å². The summed E-state index contributed by atoms with van der Waals surface area (Å²) in [5.41, 5.74) is 2.77. The molecule has 12 nitrogen and oxygen atoms in total. The van der Waals surface area contributed by atoms with Gasteiger partial charge in [-0.1, -0.05) is 11.3 Å². The van der Waals surface area contributed by atoms with Crippen molar-refractivity contribution in [2.24, 2.45) is 0 Å². The van der Waals surface area contributed by atoms with Gasteiger partial charge in [0.1, 0.15) is 6.04 Å². The maximum atomic E-state index is 12.9. The van der Waals surface area contributed by atoms with Crippen molar-refractivity contribution >= 4 is 35.0 Å². The summed E-state index contributed by atoms with van der Waals surface area (Å²) in [6.45, 7) is 0.240. The van der Waals surface area contributed by atoms with Crippen LogP contribution in [0.15, 0.2) is 54.9 Å². The highest BCUT2D eigenvalue weighted by atomic mass is 16.2. The van der Waals surface area contributed by atoms with E-state index in [1.54, 1.807) is 35.0 Å². The minimum atomic E-state index is -0.683. The number of fused-ring (bicyclic) bond motifs is 2. The lowest BCUT2D eigenvalue weighted by Crippen LogP contribution is -2.52. The van der Waals surface area contributed by atoms with Crippen molar-refractivity contribution < 1.29 is 19.2 Å². The molecule has 1 saturated heterocycles. The van der Waals surface area contributed by atoms with E-state index < -0.39 is 17.9 Å². The van der Waals surface area contributed by atoms with Crippen LogP contribution in [0.1, 0.15) is 39.3 Å². The van der Waals surface area contributed by atoms with Gasteiger partial charge in [0.25, 0.3) is 11.8 Å². The van der Waals surface area contributed by atoms with Crippen molar-refractivity contribution in [3.05, 3.63) is 71.7 Å². The summed E-state index contributed by atoms with van der Waals surface area (Å²) < 4.78 is 3.09. The Morgan fingerprint density at radius 2 is 2.00 bits per heavy atom. The number of pyridine rings is 1. The van der Waals surface area contributed by atoms with Crippen LogP contribution in [0.3, 0.4) is 0 Å². The number of amides is 4. The average molecular weight is 470 g/mol. The van der Waals surface area contributed by atoms with Crippen LogP contribution in [-0.2, 0) is 16.1 Å². The topological polar surface area (TPSA) is 144 Å². The van der Waals surface area contributed by atoms with E-state index in [-0.39, 0.29) is 30.5 Å². The fourth-order valence-corrected chi connectivity index (χ4v) is 4.38. The molecule has 6 rings (SSSR count). The van der Waals surface area contributed by atoms with Crippen LogP contribution in [0.25, 0.3) is 11.2 Å². The summed E-state index contributed by atoms with van der Waals surface area (Å²) in [5.74, 6) is -1.11. The maximum Gasteiger partial charge on any atom is 0.279 e. The van der Waals surface area contributed by atoms with Crippen molar-refractivity contribution in [3.63, 3.8) is 0 Å².